The lowest BCUT2D eigenvalue weighted by Gasteiger charge is -2.06. The summed E-state index contributed by atoms with van der Waals surface area (Å²) in [6, 6.07) is 7.44. The number of nitrogens with one attached hydrogen (secondary N) is 1. The second-order valence-electron chi connectivity index (χ2n) is 5.54. The molecule has 3 rings (SSSR count). The number of carbonyl (C=O) groups is 1. The summed E-state index contributed by atoms with van der Waals surface area (Å²) in [4.78, 5) is 12.1. The van der Waals surface area contributed by atoms with E-state index in [1.54, 1.807) is 4.68 Å². The van der Waals surface area contributed by atoms with Crippen LogP contribution in [0.1, 0.15) is 22.6 Å². The third-order valence-electron chi connectivity index (χ3n) is 3.73. The Morgan fingerprint density at radius 2 is 2.04 bits per heavy atom. The Morgan fingerprint density at radius 3 is 2.73 bits per heavy atom. The predicted molar refractivity (Wildman–Crippen MR) is 87.7 cm³/mol. The molecule has 26 heavy (non-hydrogen) atoms. The highest BCUT2D eigenvalue weighted by atomic mass is 35.5. The van der Waals surface area contributed by atoms with Crippen LogP contribution in [0.4, 0.5) is 13.2 Å². The fourth-order valence-corrected chi connectivity index (χ4v) is 2.88. The smallest absolute Gasteiger partial charge is 0.351 e. The van der Waals surface area contributed by atoms with E-state index < -0.39 is 22.8 Å². The Hall–Kier alpha value is -2.62. The molecule has 2 heterocycles. The van der Waals surface area contributed by atoms with Gasteiger partial charge in [0.15, 0.2) is 5.69 Å². The number of hydrogen-bond acceptors (Lipinski definition) is 4. The zero-order valence-electron chi connectivity index (χ0n) is 13.6. The van der Waals surface area contributed by atoms with Crippen molar-refractivity contribution in [3.8, 4) is 0 Å². The lowest BCUT2D eigenvalue weighted by molar-refractivity contribution is -0.141. The van der Waals surface area contributed by atoms with Crippen molar-refractivity contribution in [3.05, 3.63) is 40.7 Å². The molecule has 0 radical (unpaired) electrons. The summed E-state index contributed by atoms with van der Waals surface area (Å²) < 4.78 is 40.9. The van der Waals surface area contributed by atoms with E-state index >= 15 is 0 Å². The van der Waals surface area contributed by atoms with Crippen LogP contribution >= 0.6 is 11.6 Å². The first kappa shape index (κ1) is 18.2. The molecule has 0 fully saturated rings. The van der Waals surface area contributed by atoms with Gasteiger partial charge >= 0.3 is 6.18 Å². The number of rotatable bonds is 5. The molecule has 2 aromatic heterocycles. The number of benzene rings is 1. The van der Waals surface area contributed by atoms with Gasteiger partial charge in [-0.1, -0.05) is 28.9 Å². The van der Waals surface area contributed by atoms with Gasteiger partial charge in [0.1, 0.15) is 16.2 Å². The van der Waals surface area contributed by atoms with E-state index in [2.05, 4.69) is 20.7 Å². The van der Waals surface area contributed by atoms with Crippen molar-refractivity contribution in [2.24, 2.45) is 7.05 Å². The zero-order chi connectivity index (χ0) is 18.9. The minimum Gasteiger partial charge on any atom is -0.351 e. The third kappa shape index (κ3) is 3.50. The highest BCUT2D eigenvalue weighted by molar-refractivity contribution is 6.34. The standard InChI is InChI=1S/C15H14ClF3N6O/c1-24-12(11(16)13(22-24)15(17,18)19)14(26)20-7-4-8-25-10-6-3-2-5-9(10)21-23-25/h2-3,5-6H,4,7-8H2,1H3,(H,20,26). The molecule has 0 aliphatic rings. The van der Waals surface area contributed by atoms with Crippen LogP contribution in [0.15, 0.2) is 24.3 Å². The summed E-state index contributed by atoms with van der Waals surface area (Å²) in [6.45, 7) is 0.726. The van der Waals surface area contributed by atoms with Crippen LogP contribution in [0.2, 0.25) is 5.02 Å². The number of hydrogen-bond donors (Lipinski definition) is 1. The zero-order valence-corrected chi connectivity index (χ0v) is 14.3. The Kier molecular flexibility index (Phi) is 4.86. The van der Waals surface area contributed by atoms with Crippen LogP contribution in [0.25, 0.3) is 11.0 Å². The van der Waals surface area contributed by atoms with Gasteiger partial charge in [-0.15, -0.1) is 5.10 Å². The highest BCUT2D eigenvalue weighted by Gasteiger charge is 2.39. The SMILES string of the molecule is Cn1nc(C(F)(F)F)c(Cl)c1C(=O)NCCCn1nnc2ccccc21. The number of para-hydroxylation sites is 1. The second kappa shape index (κ2) is 6.94. The van der Waals surface area contributed by atoms with Crippen molar-refractivity contribution in [3.63, 3.8) is 0 Å². The molecule has 1 aromatic carbocycles. The second-order valence-corrected chi connectivity index (χ2v) is 5.92. The molecular formula is C15H14ClF3N6O. The van der Waals surface area contributed by atoms with Gasteiger partial charge in [-0.2, -0.15) is 18.3 Å². The number of aryl methyl sites for hydroxylation is 2. The lowest BCUT2D eigenvalue weighted by atomic mass is 10.3. The number of amides is 1. The minimum atomic E-state index is -4.72. The molecule has 138 valence electrons. The summed E-state index contributed by atoms with van der Waals surface area (Å²) in [5.41, 5.74) is 0.0207. The first-order valence-corrected chi connectivity index (χ1v) is 8.03. The van der Waals surface area contributed by atoms with Crippen molar-refractivity contribution in [2.75, 3.05) is 6.54 Å². The van der Waals surface area contributed by atoms with Gasteiger partial charge in [0, 0.05) is 20.1 Å². The number of nitrogens with zero attached hydrogens (tertiary/aromatic N) is 5. The molecule has 0 saturated carbocycles. The highest BCUT2D eigenvalue weighted by Crippen LogP contribution is 2.35. The van der Waals surface area contributed by atoms with Crippen LogP contribution in [0.5, 0.6) is 0 Å². The quantitative estimate of drug-likeness (QED) is 0.684. The average Bonchev–Trinajstić information content (AvgIpc) is 3.12. The van der Waals surface area contributed by atoms with Crippen LogP contribution in [0.3, 0.4) is 0 Å². The Morgan fingerprint density at radius 1 is 1.31 bits per heavy atom. The van der Waals surface area contributed by atoms with E-state index in [1.807, 2.05) is 24.3 Å². The summed E-state index contributed by atoms with van der Waals surface area (Å²) in [7, 11) is 1.23. The van der Waals surface area contributed by atoms with Crippen molar-refractivity contribution in [1.29, 1.82) is 0 Å². The normalized spacial score (nSPS) is 11.9. The Bertz CT molecular complexity index is 949. The van der Waals surface area contributed by atoms with Crippen molar-refractivity contribution in [2.45, 2.75) is 19.1 Å². The van der Waals surface area contributed by atoms with Gasteiger partial charge in [-0.05, 0) is 18.6 Å². The third-order valence-corrected chi connectivity index (χ3v) is 4.08. The summed E-state index contributed by atoms with van der Waals surface area (Å²) in [6.07, 6.45) is -4.21. The Balaban J connectivity index is 1.60. The van der Waals surface area contributed by atoms with Crippen LogP contribution < -0.4 is 5.32 Å². The molecule has 1 amide bonds. The molecule has 0 saturated heterocycles. The van der Waals surface area contributed by atoms with Crippen molar-refractivity contribution in [1.82, 2.24) is 30.1 Å². The molecule has 0 aliphatic heterocycles. The summed E-state index contributed by atoms with van der Waals surface area (Å²) >= 11 is 5.68. The fraction of sp³-hybridized carbons (Fsp3) is 0.333. The van der Waals surface area contributed by atoms with Gasteiger partial charge in [0.25, 0.3) is 5.91 Å². The van der Waals surface area contributed by atoms with Gasteiger partial charge < -0.3 is 5.32 Å². The van der Waals surface area contributed by atoms with Gasteiger partial charge in [-0.3, -0.25) is 9.48 Å². The van der Waals surface area contributed by atoms with E-state index in [4.69, 9.17) is 11.6 Å². The maximum absolute atomic E-state index is 12.8. The number of carbonyl (C=O) groups excluding carboxylic acids is 1. The van der Waals surface area contributed by atoms with E-state index in [1.165, 1.54) is 7.05 Å². The minimum absolute atomic E-state index is 0.232. The molecule has 3 aromatic rings. The predicted octanol–water partition coefficient (Wildman–Crippen LogP) is 2.66. The number of aromatic nitrogens is 5. The molecule has 0 aliphatic carbocycles. The number of alkyl halides is 3. The van der Waals surface area contributed by atoms with Crippen molar-refractivity contribution < 1.29 is 18.0 Å². The summed E-state index contributed by atoms with van der Waals surface area (Å²) in [5.74, 6) is -0.719. The first-order valence-electron chi connectivity index (χ1n) is 7.65. The van der Waals surface area contributed by atoms with Gasteiger partial charge in [-0.25, -0.2) is 4.68 Å². The largest absolute Gasteiger partial charge is 0.436 e. The van der Waals surface area contributed by atoms with Gasteiger partial charge in [0.05, 0.1) is 5.52 Å². The molecular weight excluding hydrogens is 373 g/mol. The summed E-state index contributed by atoms with van der Waals surface area (Å²) in [5, 5.41) is 13.2. The molecule has 1 N–H and O–H groups in total. The molecule has 0 atom stereocenters. The molecule has 0 spiro atoms. The van der Waals surface area contributed by atoms with E-state index in [-0.39, 0.29) is 12.2 Å². The Labute approximate surface area is 150 Å². The van der Waals surface area contributed by atoms with Crippen LogP contribution in [-0.2, 0) is 19.8 Å². The molecule has 0 unspecified atom stereocenters. The molecule has 11 heteroatoms. The van der Waals surface area contributed by atoms with E-state index in [0.717, 1.165) is 15.7 Å². The molecule has 7 nitrogen and oxygen atoms in total. The van der Waals surface area contributed by atoms with Crippen LogP contribution in [0, 0.1) is 0 Å². The van der Waals surface area contributed by atoms with E-state index in [9.17, 15) is 18.0 Å². The molecule has 0 bridgehead atoms. The maximum atomic E-state index is 12.8. The van der Waals surface area contributed by atoms with Crippen molar-refractivity contribution >= 4 is 28.5 Å². The van der Waals surface area contributed by atoms with E-state index in [0.29, 0.717) is 13.0 Å². The first-order chi connectivity index (χ1) is 12.3. The van der Waals surface area contributed by atoms with Gasteiger partial charge in [0.2, 0.25) is 0 Å². The van der Waals surface area contributed by atoms with Crippen LogP contribution in [-0.4, -0.2) is 37.2 Å². The average molecular weight is 387 g/mol. The maximum Gasteiger partial charge on any atom is 0.436 e. The topological polar surface area (TPSA) is 77.6 Å². The monoisotopic (exact) mass is 386 g/mol. The number of halogens is 4. The fourth-order valence-electron chi connectivity index (χ4n) is 2.52. The number of fused-ring (bicyclic) bond motifs is 1. The lowest BCUT2D eigenvalue weighted by Crippen LogP contribution is -2.27.